The predicted molar refractivity (Wildman–Crippen MR) is 119 cm³/mol. The van der Waals surface area contributed by atoms with Crippen molar-refractivity contribution in [2.75, 3.05) is 0 Å². The molecule has 0 spiro atoms. The van der Waals surface area contributed by atoms with Gasteiger partial charge < -0.3 is 5.11 Å². The first-order chi connectivity index (χ1) is 13.7. The Bertz CT molecular complexity index is 1220. The van der Waals surface area contributed by atoms with Gasteiger partial charge in [0, 0.05) is 11.1 Å². The average molecular weight is 360 g/mol. The number of rotatable bonds is 2. The Morgan fingerprint density at radius 3 is 1.43 bits per heavy atom. The highest BCUT2D eigenvalue weighted by molar-refractivity contribution is 6.03. The Balaban J connectivity index is 1.82. The van der Waals surface area contributed by atoms with E-state index in [0.717, 1.165) is 38.6 Å². The molecule has 1 N–H and O–H groups in total. The highest BCUT2D eigenvalue weighted by Crippen LogP contribution is 2.43. The molecule has 0 fully saturated rings. The van der Waals surface area contributed by atoms with Crippen molar-refractivity contribution < 1.29 is 5.11 Å². The fourth-order valence-electron chi connectivity index (χ4n) is 4.11. The molecule has 0 saturated carbocycles. The van der Waals surface area contributed by atoms with Gasteiger partial charge in [0.2, 0.25) is 0 Å². The molecule has 0 aliphatic carbocycles. The third-order valence-corrected chi connectivity index (χ3v) is 5.41. The number of benzene rings is 5. The standard InChI is InChI=1S/C27H20O/c1-18-16-25(23-14-6-10-19-8-2-4-12-21(19)23)27(28)26(17-18)24-15-7-11-20-9-3-5-13-22(20)24/h2-17,28H,1H3. The maximum Gasteiger partial charge on any atom is 0.131 e. The van der Waals surface area contributed by atoms with Gasteiger partial charge in [0.25, 0.3) is 0 Å². The number of hydrogen-bond acceptors (Lipinski definition) is 1. The van der Waals surface area contributed by atoms with Crippen LogP contribution in [0.2, 0.25) is 0 Å². The highest BCUT2D eigenvalue weighted by Gasteiger charge is 2.15. The number of phenols is 1. The third-order valence-electron chi connectivity index (χ3n) is 5.41. The molecule has 5 rings (SSSR count). The summed E-state index contributed by atoms with van der Waals surface area (Å²) in [5.74, 6) is 0.332. The van der Waals surface area contributed by atoms with E-state index in [2.05, 4.69) is 79.7 Å². The summed E-state index contributed by atoms with van der Waals surface area (Å²) in [5, 5.41) is 16.0. The van der Waals surface area contributed by atoms with Gasteiger partial charge in [0.1, 0.15) is 5.75 Å². The van der Waals surface area contributed by atoms with Gasteiger partial charge in [-0.2, -0.15) is 0 Å². The highest BCUT2D eigenvalue weighted by atomic mass is 16.3. The van der Waals surface area contributed by atoms with Gasteiger partial charge in [-0.25, -0.2) is 0 Å². The van der Waals surface area contributed by atoms with Crippen molar-refractivity contribution in [2.45, 2.75) is 6.92 Å². The summed E-state index contributed by atoms with van der Waals surface area (Å²) in [5.41, 5.74) is 4.99. The molecule has 0 amide bonds. The van der Waals surface area contributed by atoms with Gasteiger partial charge in [-0.3, -0.25) is 0 Å². The summed E-state index contributed by atoms with van der Waals surface area (Å²) in [7, 11) is 0. The Labute approximate surface area is 164 Å². The fraction of sp³-hybridized carbons (Fsp3) is 0.0370. The van der Waals surface area contributed by atoms with Crippen molar-refractivity contribution in [3.63, 3.8) is 0 Å². The van der Waals surface area contributed by atoms with Gasteiger partial charge in [0.05, 0.1) is 0 Å². The Kier molecular flexibility index (Phi) is 3.87. The van der Waals surface area contributed by atoms with E-state index < -0.39 is 0 Å². The first-order valence-corrected chi connectivity index (χ1v) is 9.52. The Morgan fingerprint density at radius 2 is 0.929 bits per heavy atom. The van der Waals surface area contributed by atoms with Crippen LogP contribution in [0.1, 0.15) is 5.56 Å². The number of hydrogen-bond donors (Lipinski definition) is 1. The number of aromatic hydroxyl groups is 1. The molecule has 0 heterocycles. The molecular weight excluding hydrogens is 340 g/mol. The van der Waals surface area contributed by atoms with Crippen LogP contribution in [0.15, 0.2) is 97.1 Å². The van der Waals surface area contributed by atoms with Gasteiger partial charge in [0.15, 0.2) is 0 Å². The first kappa shape index (κ1) is 16.6. The van der Waals surface area contributed by atoms with E-state index in [-0.39, 0.29) is 0 Å². The summed E-state index contributed by atoms with van der Waals surface area (Å²) in [6.07, 6.45) is 0. The van der Waals surface area contributed by atoms with Crippen molar-refractivity contribution in [1.29, 1.82) is 0 Å². The maximum absolute atomic E-state index is 11.3. The van der Waals surface area contributed by atoms with Gasteiger partial charge in [-0.1, -0.05) is 84.9 Å². The van der Waals surface area contributed by atoms with Crippen LogP contribution in [-0.2, 0) is 0 Å². The lowest BCUT2D eigenvalue weighted by molar-refractivity contribution is 0.479. The van der Waals surface area contributed by atoms with E-state index in [1.54, 1.807) is 0 Å². The van der Waals surface area contributed by atoms with Crippen LogP contribution in [0.3, 0.4) is 0 Å². The third kappa shape index (κ3) is 2.64. The van der Waals surface area contributed by atoms with Gasteiger partial charge in [-0.05, 0) is 57.3 Å². The van der Waals surface area contributed by atoms with Crippen LogP contribution in [0.4, 0.5) is 0 Å². The molecule has 0 atom stereocenters. The van der Waals surface area contributed by atoms with Crippen LogP contribution in [0.5, 0.6) is 5.75 Å². The second-order valence-corrected chi connectivity index (χ2v) is 7.26. The molecule has 0 aliphatic rings. The molecule has 0 bridgehead atoms. The van der Waals surface area contributed by atoms with Crippen LogP contribution < -0.4 is 0 Å². The molecule has 1 nitrogen and oxygen atoms in total. The molecule has 0 aromatic heterocycles. The zero-order valence-electron chi connectivity index (χ0n) is 15.7. The van der Waals surface area contributed by atoms with Crippen LogP contribution in [0.25, 0.3) is 43.8 Å². The predicted octanol–water partition coefficient (Wildman–Crippen LogP) is 7.34. The van der Waals surface area contributed by atoms with E-state index in [9.17, 15) is 5.11 Å². The van der Waals surface area contributed by atoms with E-state index in [4.69, 9.17) is 0 Å². The lowest BCUT2D eigenvalue weighted by atomic mass is 9.90. The topological polar surface area (TPSA) is 20.2 Å². The number of phenolic OH excluding ortho intramolecular Hbond substituents is 1. The zero-order chi connectivity index (χ0) is 19.1. The zero-order valence-corrected chi connectivity index (χ0v) is 15.7. The van der Waals surface area contributed by atoms with E-state index in [0.29, 0.717) is 5.75 Å². The molecule has 0 unspecified atom stereocenters. The van der Waals surface area contributed by atoms with Crippen LogP contribution in [0, 0.1) is 6.92 Å². The first-order valence-electron chi connectivity index (χ1n) is 9.52. The molecule has 0 radical (unpaired) electrons. The van der Waals surface area contributed by atoms with Crippen LogP contribution >= 0.6 is 0 Å². The van der Waals surface area contributed by atoms with Crippen molar-refractivity contribution in [3.8, 4) is 28.0 Å². The lowest BCUT2D eigenvalue weighted by Crippen LogP contribution is -1.89. The molecule has 1 heteroatoms. The molecular formula is C27H20O. The van der Waals surface area contributed by atoms with Crippen molar-refractivity contribution in [3.05, 3.63) is 103 Å². The Hall–Kier alpha value is -3.58. The maximum atomic E-state index is 11.3. The molecule has 5 aromatic carbocycles. The van der Waals surface area contributed by atoms with Gasteiger partial charge >= 0.3 is 0 Å². The largest absolute Gasteiger partial charge is 0.507 e. The minimum atomic E-state index is 0.332. The summed E-state index contributed by atoms with van der Waals surface area (Å²) in [6.45, 7) is 2.09. The quantitative estimate of drug-likeness (QED) is 0.349. The lowest BCUT2D eigenvalue weighted by Gasteiger charge is -2.15. The molecule has 134 valence electrons. The average Bonchev–Trinajstić information content (AvgIpc) is 2.74. The smallest absolute Gasteiger partial charge is 0.131 e. The molecule has 0 aliphatic heterocycles. The minimum Gasteiger partial charge on any atom is -0.507 e. The second-order valence-electron chi connectivity index (χ2n) is 7.26. The molecule has 28 heavy (non-hydrogen) atoms. The number of aryl methyl sites for hydroxylation is 1. The minimum absolute atomic E-state index is 0.332. The summed E-state index contributed by atoms with van der Waals surface area (Å²) in [6, 6.07) is 33.3. The van der Waals surface area contributed by atoms with E-state index in [1.807, 2.05) is 24.3 Å². The monoisotopic (exact) mass is 360 g/mol. The van der Waals surface area contributed by atoms with Crippen molar-refractivity contribution in [2.24, 2.45) is 0 Å². The summed E-state index contributed by atoms with van der Waals surface area (Å²) < 4.78 is 0. The van der Waals surface area contributed by atoms with E-state index >= 15 is 0 Å². The van der Waals surface area contributed by atoms with Crippen molar-refractivity contribution >= 4 is 21.5 Å². The van der Waals surface area contributed by atoms with Crippen LogP contribution in [-0.4, -0.2) is 5.11 Å². The molecule has 5 aromatic rings. The SMILES string of the molecule is Cc1cc(-c2cccc3ccccc23)c(O)c(-c2cccc3ccccc23)c1. The number of fused-ring (bicyclic) bond motifs is 2. The Morgan fingerprint density at radius 1 is 0.500 bits per heavy atom. The van der Waals surface area contributed by atoms with Crippen molar-refractivity contribution in [1.82, 2.24) is 0 Å². The summed E-state index contributed by atoms with van der Waals surface area (Å²) >= 11 is 0. The fourth-order valence-corrected chi connectivity index (χ4v) is 4.11. The van der Waals surface area contributed by atoms with Gasteiger partial charge in [-0.15, -0.1) is 0 Å². The normalized spacial score (nSPS) is 11.2. The van der Waals surface area contributed by atoms with E-state index in [1.165, 1.54) is 10.8 Å². The molecule has 0 saturated heterocycles. The second kappa shape index (κ2) is 6.54. The summed E-state index contributed by atoms with van der Waals surface area (Å²) in [4.78, 5) is 0.